The quantitative estimate of drug-likeness (QED) is 0.635. The molecule has 0 saturated carbocycles. The molecule has 60 valence electrons. The smallest absolute Gasteiger partial charge is 0.0370 e. The predicted octanol–water partition coefficient (Wildman–Crippen LogP) is 2.24. The van der Waals surface area contributed by atoms with Gasteiger partial charge >= 0.3 is 0 Å². The van der Waals surface area contributed by atoms with E-state index in [0.29, 0.717) is 5.92 Å². The zero-order valence-electron chi connectivity index (χ0n) is 7.22. The molecule has 1 atom stereocenters. The maximum Gasteiger partial charge on any atom is 0.0370 e. The zero-order chi connectivity index (χ0) is 8.27. The first-order valence-electron chi connectivity index (χ1n) is 4.00. The molecule has 0 fully saturated rings. The average molecular weight is 149 g/mol. The third-order valence-electron chi connectivity index (χ3n) is 1.96. The molecular formula is C10H15N. The summed E-state index contributed by atoms with van der Waals surface area (Å²) in [6.07, 6.45) is 7.50. The van der Waals surface area contributed by atoms with Crippen LogP contribution in [0.5, 0.6) is 0 Å². The molecule has 1 aliphatic carbocycles. The molecule has 0 heterocycles. The Labute approximate surface area is 68.5 Å². The van der Waals surface area contributed by atoms with Crippen LogP contribution in [0.4, 0.5) is 0 Å². The number of rotatable bonds is 2. The van der Waals surface area contributed by atoms with Crippen molar-refractivity contribution >= 4 is 0 Å². The zero-order valence-corrected chi connectivity index (χ0v) is 7.22. The molecule has 0 bridgehead atoms. The molecule has 1 rings (SSSR count). The van der Waals surface area contributed by atoms with E-state index in [9.17, 15) is 0 Å². The van der Waals surface area contributed by atoms with Crippen LogP contribution in [-0.4, -0.2) is 7.05 Å². The van der Waals surface area contributed by atoms with E-state index in [1.807, 2.05) is 13.1 Å². The van der Waals surface area contributed by atoms with Gasteiger partial charge in [-0.05, 0) is 17.9 Å². The number of hydrogen-bond acceptors (Lipinski definition) is 1. The van der Waals surface area contributed by atoms with Gasteiger partial charge in [-0.25, -0.2) is 0 Å². The Kier molecular flexibility index (Phi) is 2.53. The first-order chi connectivity index (χ1) is 5.27. The van der Waals surface area contributed by atoms with Crippen molar-refractivity contribution < 1.29 is 0 Å². The van der Waals surface area contributed by atoms with E-state index < -0.39 is 0 Å². The van der Waals surface area contributed by atoms with Gasteiger partial charge in [0.15, 0.2) is 0 Å². The molecule has 0 aliphatic heterocycles. The minimum atomic E-state index is 0.654. The number of likely N-dealkylation sites (N-methyl/N-ethyl adjacent to an activating group) is 1. The SMILES string of the molecule is C=CC1=CCC(C)C=C1NC. The molecule has 1 unspecified atom stereocenters. The topological polar surface area (TPSA) is 12.0 Å². The molecule has 0 spiro atoms. The second-order valence-electron chi connectivity index (χ2n) is 2.91. The first kappa shape index (κ1) is 8.12. The van der Waals surface area contributed by atoms with Crippen LogP contribution in [0.15, 0.2) is 36.1 Å². The number of allylic oxidation sites excluding steroid dienone is 3. The molecule has 0 saturated heterocycles. The van der Waals surface area contributed by atoms with Gasteiger partial charge < -0.3 is 5.32 Å². The lowest BCUT2D eigenvalue weighted by Crippen LogP contribution is -2.12. The van der Waals surface area contributed by atoms with Gasteiger partial charge in [0.1, 0.15) is 0 Å². The van der Waals surface area contributed by atoms with E-state index in [2.05, 4.69) is 31.0 Å². The second-order valence-corrected chi connectivity index (χ2v) is 2.91. The van der Waals surface area contributed by atoms with Gasteiger partial charge in [0.2, 0.25) is 0 Å². The minimum Gasteiger partial charge on any atom is -0.388 e. The van der Waals surface area contributed by atoms with E-state index in [4.69, 9.17) is 0 Å². The highest BCUT2D eigenvalue weighted by molar-refractivity contribution is 5.40. The maximum absolute atomic E-state index is 3.76. The maximum atomic E-state index is 3.76. The van der Waals surface area contributed by atoms with Crippen molar-refractivity contribution in [3.63, 3.8) is 0 Å². The fourth-order valence-corrected chi connectivity index (χ4v) is 1.29. The lowest BCUT2D eigenvalue weighted by atomic mass is 9.96. The predicted molar refractivity (Wildman–Crippen MR) is 49.2 cm³/mol. The highest BCUT2D eigenvalue weighted by Crippen LogP contribution is 2.20. The van der Waals surface area contributed by atoms with Crippen molar-refractivity contribution in [1.29, 1.82) is 0 Å². The molecule has 0 amide bonds. The van der Waals surface area contributed by atoms with E-state index in [0.717, 1.165) is 6.42 Å². The Balaban J connectivity index is 2.82. The Morgan fingerprint density at radius 1 is 1.73 bits per heavy atom. The van der Waals surface area contributed by atoms with Gasteiger partial charge in [0.05, 0.1) is 0 Å². The lowest BCUT2D eigenvalue weighted by molar-refractivity contribution is 0.712. The summed E-state index contributed by atoms with van der Waals surface area (Å²) in [5.74, 6) is 0.654. The van der Waals surface area contributed by atoms with Crippen molar-refractivity contribution in [2.45, 2.75) is 13.3 Å². The van der Waals surface area contributed by atoms with Gasteiger partial charge in [-0.15, -0.1) is 0 Å². The largest absolute Gasteiger partial charge is 0.388 e. The summed E-state index contributed by atoms with van der Waals surface area (Å²) >= 11 is 0. The fourth-order valence-electron chi connectivity index (χ4n) is 1.29. The highest BCUT2D eigenvalue weighted by atomic mass is 14.8. The highest BCUT2D eigenvalue weighted by Gasteiger charge is 2.07. The number of nitrogens with one attached hydrogen (secondary N) is 1. The van der Waals surface area contributed by atoms with Gasteiger partial charge in [-0.3, -0.25) is 0 Å². The summed E-state index contributed by atoms with van der Waals surface area (Å²) in [4.78, 5) is 0. The summed E-state index contributed by atoms with van der Waals surface area (Å²) in [5.41, 5.74) is 2.43. The molecule has 0 aromatic rings. The molecule has 1 N–H and O–H groups in total. The first-order valence-corrected chi connectivity index (χ1v) is 4.00. The average Bonchev–Trinajstić information content (AvgIpc) is 2.04. The van der Waals surface area contributed by atoms with Crippen molar-refractivity contribution in [3.8, 4) is 0 Å². The van der Waals surface area contributed by atoms with Crippen LogP contribution in [0.25, 0.3) is 0 Å². The van der Waals surface area contributed by atoms with E-state index in [-0.39, 0.29) is 0 Å². The van der Waals surface area contributed by atoms with E-state index >= 15 is 0 Å². The summed E-state index contributed by atoms with van der Waals surface area (Å²) in [5, 5.41) is 3.16. The van der Waals surface area contributed by atoms with Crippen LogP contribution < -0.4 is 5.32 Å². The molecule has 1 aliphatic rings. The Morgan fingerprint density at radius 3 is 3.00 bits per heavy atom. The molecule has 0 radical (unpaired) electrons. The third kappa shape index (κ3) is 1.73. The lowest BCUT2D eigenvalue weighted by Gasteiger charge is -2.16. The van der Waals surface area contributed by atoms with E-state index in [1.54, 1.807) is 0 Å². The summed E-state index contributed by atoms with van der Waals surface area (Å²) in [6, 6.07) is 0. The summed E-state index contributed by atoms with van der Waals surface area (Å²) in [7, 11) is 1.95. The van der Waals surface area contributed by atoms with Crippen molar-refractivity contribution in [3.05, 3.63) is 36.1 Å². The Hall–Kier alpha value is -0.980. The molecule has 1 heteroatoms. The van der Waals surface area contributed by atoms with Crippen LogP contribution in [0.1, 0.15) is 13.3 Å². The second kappa shape index (κ2) is 3.42. The van der Waals surface area contributed by atoms with Gasteiger partial charge in [0.25, 0.3) is 0 Å². The van der Waals surface area contributed by atoms with Crippen LogP contribution in [0, 0.1) is 5.92 Å². The Morgan fingerprint density at radius 2 is 2.45 bits per heavy atom. The van der Waals surface area contributed by atoms with Gasteiger partial charge in [0, 0.05) is 12.7 Å². The molecule has 11 heavy (non-hydrogen) atoms. The van der Waals surface area contributed by atoms with E-state index in [1.165, 1.54) is 11.3 Å². The fraction of sp³-hybridized carbons (Fsp3) is 0.400. The van der Waals surface area contributed by atoms with Gasteiger partial charge in [-0.1, -0.05) is 31.7 Å². The van der Waals surface area contributed by atoms with Crippen LogP contribution in [0.2, 0.25) is 0 Å². The standard InChI is InChI=1S/C10H15N/c1-4-9-6-5-8(2)7-10(9)11-3/h4,6-8,11H,1,5H2,2-3H3. The Bertz CT molecular complexity index is 211. The molecule has 0 aromatic carbocycles. The monoisotopic (exact) mass is 149 g/mol. The van der Waals surface area contributed by atoms with Crippen LogP contribution in [0.3, 0.4) is 0 Å². The van der Waals surface area contributed by atoms with Gasteiger partial charge in [-0.2, -0.15) is 0 Å². The van der Waals surface area contributed by atoms with Crippen molar-refractivity contribution in [1.82, 2.24) is 5.32 Å². The molecule has 0 aromatic heterocycles. The van der Waals surface area contributed by atoms with Crippen LogP contribution in [-0.2, 0) is 0 Å². The number of hydrogen-bond donors (Lipinski definition) is 1. The molecule has 1 nitrogen and oxygen atoms in total. The summed E-state index contributed by atoms with van der Waals surface area (Å²) < 4.78 is 0. The normalized spacial score (nSPS) is 23.6. The third-order valence-corrected chi connectivity index (χ3v) is 1.96. The van der Waals surface area contributed by atoms with Crippen molar-refractivity contribution in [2.75, 3.05) is 7.05 Å². The molecular weight excluding hydrogens is 134 g/mol. The minimum absolute atomic E-state index is 0.654. The van der Waals surface area contributed by atoms with Crippen LogP contribution >= 0.6 is 0 Å². The van der Waals surface area contributed by atoms with Crippen molar-refractivity contribution in [2.24, 2.45) is 5.92 Å². The summed E-state index contributed by atoms with van der Waals surface area (Å²) in [6.45, 7) is 5.97.